The Kier molecular flexibility index (Phi) is 4.98. The summed E-state index contributed by atoms with van der Waals surface area (Å²) in [5, 5.41) is 9.12. The Balaban J connectivity index is 3.06. The molecule has 2 N–H and O–H groups in total. The monoisotopic (exact) mass is 311 g/mol. The SMILES string of the molecule is CC[C@@H](NS(=O)(=O)c1ccc(Cl)c(Cl)c1)C(=O)O. The first-order chi connectivity index (χ1) is 8.27. The van der Waals surface area contributed by atoms with Crippen LogP contribution in [0.1, 0.15) is 13.3 Å². The first-order valence-electron chi connectivity index (χ1n) is 4.98. The van der Waals surface area contributed by atoms with Crippen LogP contribution in [0.5, 0.6) is 0 Å². The van der Waals surface area contributed by atoms with E-state index in [0.717, 1.165) is 0 Å². The van der Waals surface area contributed by atoms with Crippen molar-refractivity contribution in [2.45, 2.75) is 24.3 Å². The van der Waals surface area contributed by atoms with Crippen molar-refractivity contribution in [1.29, 1.82) is 0 Å². The van der Waals surface area contributed by atoms with E-state index in [2.05, 4.69) is 4.72 Å². The van der Waals surface area contributed by atoms with E-state index in [1.54, 1.807) is 6.92 Å². The van der Waals surface area contributed by atoms with Gasteiger partial charge in [0.05, 0.1) is 14.9 Å². The van der Waals surface area contributed by atoms with Crippen LogP contribution in [0.4, 0.5) is 0 Å². The van der Waals surface area contributed by atoms with Crippen molar-refractivity contribution >= 4 is 39.2 Å². The van der Waals surface area contributed by atoms with Crippen LogP contribution >= 0.6 is 23.2 Å². The minimum absolute atomic E-state index is 0.0860. The smallest absolute Gasteiger partial charge is 0.321 e. The maximum absolute atomic E-state index is 11.9. The fourth-order valence-electron chi connectivity index (χ4n) is 1.21. The Morgan fingerprint density at radius 1 is 1.39 bits per heavy atom. The highest BCUT2D eigenvalue weighted by molar-refractivity contribution is 7.89. The van der Waals surface area contributed by atoms with Gasteiger partial charge in [-0.25, -0.2) is 8.42 Å². The molecular formula is C10H11Cl2NO4S. The number of sulfonamides is 1. The first-order valence-corrected chi connectivity index (χ1v) is 7.22. The molecule has 0 aliphatic heterocycles. The second-order valence-corrected chi connectivity index (χ2v) is 6.02. The molecule has 0 aliphatic rings. The Morgan fingerprint density at radius 2 is 2.00 bits per heavy atom. The van der Waals surface area contributed by atoms with Crippen LogP contribution in [0.15, 0.2) is 23.1 Å². The number of aliphatic carboxylic acids is 1. The van der Waals surface area contributed by atoms with Crippen LogP contribution in [-0.4, -0.2) is 25.5 Å². The maximum atomic E-state index is 11.9. The number of rotatable bonds is 5. The van der Waals surface area contributed by atoms with Crippen LogP contribution in [0, 0.1) is 0 Å². The lowest BCUT2D eigenvalue weighted by molar-refractivity contribution is -0.139. The molecule has 0 aromatic heterocycles. The molecule has 0 aliphatic carbocycles. The Labute approximate surface area is 115 Å². The van der Waals surface area contributed by atoms with Gasteiger partial charge in [-0.05, 0) is 24.6 Å². The van der Waals surface area contributed by atoms with Crippen molar-refractivity contribution in [2.24, 2.45) is 0 Å². The van der Waals surface area contributed by atoms with Crippen LogP contribution in [-0.2, 0) is 14.8 Å². The minimum Gasteiger partial charge on any atom is -0.480 e. The van der Waals surface area contributed by atoms with Crippen molar-refractivity contribution in [3.63, 3.8) is 0 Å². The fourth-order valence-corrected chi connectivity index (χ4v) is 2.87. The van der Waals surface area contributed by atoms with Gasteiger partial charge in [0.1, 0.15) is 6.04 Å². The van der Waals surface area contributed by atoms with Crippen LogP contribution in [0.2, 0.25) is 10.0 Å². The van der Waals surface area contributed by atoms with Gasteiger partial charge in [0.25, 0.3) is 0 Å². The molecule has 0 spiro atoms. The van der Waals surface area contributed by atoms with E-state index in [0.29, 0.717) is 0 Å². The molecule has 1 rings (SSSR count). The van der Waals surface area contributed by atoms with E-state index in [1.807, 2.05) is 0 Å². The normalized spacial score (nSPS) is 13.3. The van der Waals surface area contributed by atoms with Gasteiger partial charge in [0.2, 0.25) is 10.0 Å². The maximum Gasteiger partial charge on any atom is 0.321 e. The van der Waals surface area contributed by atoms with Gasteiger partial charge in [0.15, 0.2) is 0 Å². The Hall–Kier alpha value is -0.820. The fraction of sp³-hybridized carbons (Fsp3) is 0.300. The summed E-state index contributed by atoms with van der Waals surface area (Å²) in [6.45, 7) is 1.57. The summed E-state index contributed by atoms with van der Waals surface area (Å²) in [4.78, 5) is 10.7. The van der Waals surface area contributed by atoms with E-state index >= 15 is 0 Å². The zero-order valence-electron chi connectivity index (χ0n) is 9.35. The van der Waals surface area contributed by atoms with Crippen molar-refractivity contribution in [3.8, 4) is 0 Å². The van der Waals surface area contributed by atoms with Gasteiger partial charge in [-0.3, -0.25) is 4.79 Å². The molecule has 0 amide bonds. The number of carboxylic acids is 1. The molecule has 0 radical (unpaired) electrons. The van der Waals surface area contributed by atoms with Crippen LogP contribution in [0.25, 0.3) is 0 Å². The average Bonchev–Trinajstić information content (AvgIpc) is 2.29. The molecule has 0 bridgehead atoms. The lowest BCUT2D eigenvalue weighted by atomic mass is 10.2. The number of hydrogen-bond donors (Lipinski definition) is 2. The summed E-state index contributed by atoms with van der Waals surface area (Å²) in [7, 11) is -3.93. The summed E-state index contributed by atoms with van der Waals surface area (Å²) in [6, 6.07) is 2.58. The molecule has 0 saturated carbocycles. The molecule has 1 aromatic rings. The molecular weight excluding hydrogens is 301 g/mol. The molecule has 0 saturated heterocycles. The summed E-state index contributed by atoms with van der Waals surface area (Å²) in [5.41, 5.74) is 0. The van der Waals surface area contributed by atoms with Gasteiger partial charge < -0.3 is 5.11 Å². The quantitative estimate of drug-likeness (QED) is 0.872. The highest BCUT2D eigenvalue weighted by Gasteiger charge is 2.24. The third-order valence-corrected chi connectivity index (χ3v) is 4.41. The Bertz CT molecular complexity index is 559. The minimum atomic E-state index is -3.93. The summed E-state index contributed by atoms with van der Waals surface area (Å²) in [6.07, 6.45) is 0.135. The lowest BCUT2D eigenvalue weighted by Gasteiger charge is -2.13. The number of carbonyl (C=O) groups is 1. The van der Waals surface area contributed by atoms with E-state index in [-0.39, 0.29) is 21.4 Å². The third-order valence-electron chi connectivity index (χ3n) is 2.21. The second-order valence-electron chi connectivity index (χ2n) is 3.50. The number of benzene rings is 1. The second kappa shape index (κ2) is 5.88. The molecule has 1 atom stereocenters. The van der Waals surface area contributed by atoms with Crippen molar-refractivity contribution < 1.29 is 18.3 Å². The highest BCUT2D eigenvalue weighted by Crippen LogP contribution is 2.24. The van der Waals surface area contributed by atoms with E-state index in [4.69, 9.17) is 28.3 Å². The summed E-state index contributed by atoms with van der Waals surface area (Å²) in [5.74, 6) is -1.24. The standard InChI is InChI=1S/C10H11Cl2NO4S/c1-2-9(10(14)15)13-18(16,17)6-3-4-7(11)8(12)5-6/h3-5,9,13H,2H2,1H3,(H,14,15)/t9-/m1/s1. The predicted molar refractivity (Wildman–Crippen MR) is 68.5 cm³/mol. The van der Waals surface area contributed by atoms with E-state index in [9.17, 15) is 13.2 Å². The summed E-state index contributed by atoms with van der Waals surface area (Å²) < 4.78 is 25.9. The van der Waals surface area contributed by atoms with Gasteiger partial charge in [-0.2, -0.15) is 4.72 Å². The van der Waals surface area contributed by atoms with Crippen LogP contribution in [0.3, 0.4) is 0 Å². The van der Waals surface area contributed by atoms with Crippen molar-refractivity contribution in [3.05, 3.63) is 28.2 Å². The molecule has 0 fully saturated rings. The Morgan fingerprint density at radius 3 is 2.44 bits per heavy atom. The van der Waals surface area contributed by atoms with Gasteiger partial charge in [0, 0.05) is 0 Å². The molecule has 5 nitrogen and oxygen atoms in total. The van der Waals surface area contributed by atoms with Gasteiger partial charge in [-0.15, -0.1) is 0 Å². The van der Waals surface area contributed by atoms with Crippen molar-refractivity contribution in [1.82, 2.24) is 4.72 Å². The van der Waals surface area contributed by atoms with Crippen LogP contribution < -0.4 is 4.72 Å². The first kappa shape index (κ1) is 15.2. The van der Waals surface area contributed by atoms with Gasteiger partial charge in [-0.1, -0.05) is 30.1 Å². The molecule has 0 heterocycles. The van der Waals surface area contributed by atoms with Gasteiger partial charge >= 0.3 is 5.97 Å². The topological polar surface area (TPSA) is 83.5 Å². The lowest BCUT2D eigenvalue weighted by Crippen LogP contribution is -2.40. The largest absolute Gasteiger partial charge is 0.480 e. The number of carboxylic acid groups (broad SMARTS) is 1. The molecule has 8 heteroatoms. The van der Waals surface area contributed by atoms with E-state index in [1.165, 1.54) is 18.2 Å². The summed E-state index contributed by atoms with van der Waals surface area (Å²) >= 11 is 11.4. The molecule has 100 valence electrons. The highest BCUT2D eigenvalue weighted by atomic mass is 35.5. The van der Waals surface area contributed by atoms with Crippen molar-refractivity contribution in [2.75, 3.05) is 0 Å². The third kappa shape index (κ3) is 3.58. The number of halogens is 2. The zero-order chi connectivity index (χ0) is 13.9. The van der Waals surface area contributed by atoms with E-state index < -0.39 is 22.0 Å². The molecule has 0 unspecified atom stereocenters. The molecule has 1 aromatic carbocycles. The average molecular weight is 312 g/mol. The molecule has 18 heavy (non-hydrogen) atoms. The predicted octanol–water partition coefficient (Wildman–Crippen LogP) is 2.13. The number of nitrogens with one attached hydrogen (secondary N) is 1. The zero-order valence-corrected chi connectivity index (χ0v) is 11.7. The number of hydrogen-bond acceptors (Lipinski definition) is 3.